The maximum Gasteiger partial charge on any atom is 0.338 e. The summed E-state index contributed by atoms with van der Waals surface area (Å²) in [7, 11) is 0. The van der Waals surface area contributed by atoms with Crippen LogP contribution in [-0.2, 0) is 0 Å². The summed E-state index contributed by atoms with van der Waals surface area (Å²) in [6.45, 7) is 1.76. The monoisotopic (exact) mass is 285 g/mol. The third-order valence-electron chi connectivity index (χ3n) is 2.11. The van der Waals surface area contributed by atoms with Gasteiger partial charge in [-0.15, -0.1) is 11.3 Å². The third kappa shape index (κ3) is 2.55. The number of hydrogen-bond donors (Lipinski definition) is 2. The number of carboxylic acid groups (broad SMARTS) is 1. The van der Waals surface area contributed by atoms with Crippen LogP contribution in [0.5, 0.6) is 0 Å². The Morgan fingerprint density at radius 1 is 1.44 bits per heavy atom. The van der Waals surface area contributed by atoms with Gasteiger partial charge in [-0.2, -0.15) is 0 Å². The molecule has 0 aliphatic rings. The van der Waals surface area contributed by atoms with Gasteiger partial charge in [0.15, 0.2) is 11.0 Å². The highest BCUT2D eigenvalue weighted by Crippen LogP contribution is 2.28. The van der Waals surface area contributed by atoms with E-state index in [0.717, 1.165) is 4.88 Å². The van der Waals surface area contributed by atoms with Gasteiger partial charge in [0.1, 0.15) is 5.00 Å². The van der Waals surface area contributed by atoms with Gasteiger partial charge in [-0.1, -0.05) is 0 Å². The van der Waals surface area contributed by atoms with Gasteiger partial charge in [-0.3, -0.25) is 4.79 Å². The van der Waals surface area contributed by atoms with Crippen molar-refractivity contribution in [3.8, 4) is 0 Å². The van der Waals surface area contributed by atoms with Gasteiger partial charge in [-0.05, 0) is 36.7 Å². The summed E-state index contributed by atoms with van der Waals surface area (Å²) in [6.07, 6.45) is 0. The van der Waals surface area contributed by atoms with Crippen molar-refractivity contribution in [1.82, 2.24) is 0 Å². The van der Waals surface area contributed by atoms with E-state index >= 15 is 0 Å². The van der Waals surface area contributed by atoms with Crippen molar-refractivity contribution < 1.29 is 19.1 Å². The summed E-state index contributed by atoms with van der Waals surface area (Å²) in [5, 5.41) is 11.8. The van der Waals surface area contributed by atoms with Crippen LogP contribution in [0.25, 0.3) is 0 Å². The zero-order chi connectivity index (χ0) is 13.3. The molecule has 94 valence electrons. The smallest absolute Gasteiger partial charge is 0.338 e. The molecule has 0 bridgehead atoms. The summed E-state index contributed by atoms with van der Waals surface area (Å²) in [5.41, 5.74) is 0.0588. The van der Waals surface area contributed by atoms with E-state index in [9.17, 15) is 9.59 Å². The first kappa shape index (κ1) is 12.7. The maximum absolute atomic E-state index is 11.8. The zero-order valence-corrected chi connectivity index (χ0v) is 10.8. The lowest BCUT2D eigenvalue weighted by Crippen LogP contribution is -2.12. The second-order valence-electron chi connectivity index (χ2n) is 3.46. The van der Waals surface area contributed by atoms with Crippen LogP contribution >= 0.6 is 22.9 Å². The van der Waals surface area contributed by atoms with Crippen molar-refractivity contribution in [1.29, 1.82) is 0 Å². The number of nitrogens with one attached hydrogen (secondary N) is 1. The van der Waals surface area contributed by atoms with Crippen LogP contribution < -0.4 is 5.32 Å². The first-order valence-corrected chi connectivity index (χ1v) is 6.07. The van der Waals surface area contributed by atoms with Crippen molar-refractivity contribution in [2.75, 3.05) is 5.32 Å². The molecular weight excluding hydrogens is 278 g/mol. The molecule has 0 saturated heterocycles. The number of furan rings is 1. The number of rotatable bonds is 3. The number of amides is 1. The molecule has 2 aromatic heterocycles. The van der Waals surface area contributed by atoms with E-state index in [0.29, 0.717) is 0 Å². The highest BCUT2D eigenvalue weighted by molar-refractivity contribution is 7.16. The third-order valence-corrected chi connectivity index (χ3v) is 3.28. The van der Waals surface area contributed by atoms with Gasteiger partial charge in [0.2, 0.25) is 0 Å². The molecular formula is C11H8ClNO4S. The second-order valence-corrected chi connectivity index (χ2v) is 5.09. The van der Waals surface area contributed by atoms with E-state index in [2.05, 4.69) is 5.32 Å². The number of thiophene rings is 1. The van der Waals surface area contributed by atoms with Crippen molar-refractivity contribution in [3.05, 3.63) is 39.6 Å². The van der Waals surface area contributed by atoms with Crippen LogP contribution in [0.15, 0.2) is 22.6 Å². The molecule has 0 saturated carbocycles. The lowest BCUT2D eigenvalue weighted by Gasteiger charge is -2.01. The van der Waals surface area contributed by atoms with Gasteiger partial charge in [-0.25, -0.2) is 4.79 Å². The number of carbonyl (C=O) groups excluding carboxylic acids is 1. The number of hydrogen-bond acceptors (Lipinski definition) is 4. The van der Waals surface area contributed by atoms with Crippen LogP contribution in [0.3, 0.4) is 0 Å². The van der Waals surface area contributed by atoms with Gasteiger partial charge in [0.25, 0.3) is 5.91 Å². The summed E-state index contributed by atoms with van der Waals surface area (Å²) in [4.78, 5) is 23.5. The molecule has 7 heteroatoms. The molecule has 0 aliphatic heterocycles. The topological polar surface area (TPSA) is 79.5 Å². The van der Waals surface area contributed by atoms with E-state index in [1.165, 1.54) is 29.5 Å². The van der Waals surface area contributed by atoms with E-state index < -0.39 is 11.9 Å². The number of aromatic carboxylic acids is 1. The Balaban J connectivity index is 2.24. The number of anilines is 1. The lowest BCUT2D eigenvalue weighted by molar-refractivity contribution is 0.0698. The number of carboxylic acids is 1. The van der Waals surface area contributed by atoms with Crippen molar-refractivity contribution in [3.63, 3.8) is 0 Å². The van der Waals surface area contributed by atoms with Crippen LogP contribution in [0.4, 0.5) is 5.00 Å². The van der Waals surface area contributed by atoms with Gasteiger partial charge < -0.3 is 14.8 Å². The minimum Gasteiger partial charge on any atom is -0.478 e. The molecule has 0 unspecified atom stereocenters. The fraction of sp³-hybridized carbons (Fsp3) is 0.0909. The molecule has 2 N–H and O–H groups in total. The quantitative estimate of drug-likeness (QED) is 0.907. The molecule has 0 aromatic carbocycles. The molecule has 0 spiro atoms. The Hall–Kier alpha value is -1.79. The molecule has 2 heterocycles. The molecule has 0 aliphatic carbocycles. The van der Waals surface area contributed by atoms with E-state index in [1.54, 1.807) is 6.92 Å². The summed E-state index contributed by atoms with van der Waals surface area (Å²) >= 11 is 6.74. The molecule has 0 atom stereocenters. The molecule has 0 fully saturated rings. The van der Waals surface area contributed by atoms with E-state index in [1.807, 2.05) is 0 Å². The number of carbonyl (C=O) groups is 2. The Kier molecular flexibility index (Phi) is 3.40. The Bertz CT molecular complexity index is 616. The molecule has 2 aromatic rings. The molecule has 2 rings (SSSR count). The fourth-order valence-electron chi connectivity index (χ4n) is 1.37. The highest BCUT2D eigenvalue weighted by Gasteiger charge is 2.18. The van der Waals surface area contributed by atoms with Gasteiger partial charge in [0.05, 0.1) is 5.56 Å². The van der Waals surface area contributed by atoms with Crippen LogP contribution in [0.2, 0.25) is 5.22 Å². The van der Waals surface area contributed by atoms with Crippen molar-refractivity contribution in [2.45, 2.75) is 6.92 Å². The second kappa shape index (κ2) is 4.83. The first-order chi connectivity index (χ1) is 8.47. The predicted molar refractivity (Wildman–Crippen MR) is 67.7 cm³/mol. The van der Waals surface area contributed by atoms with Crippen LogP contribution in [-0.4, -0.2) is 17.0 Å². The normalized spacial score (nSPS) is 10.3. The Labute approximate surface area is 111 Å². The summed E-state index contributed by atoms with van der Waals surface area (Å²) in [6, 6.07) is 4.35. The van der Waals surface area contributed by atoms with E-state index in [4.69, 9.17) is 21.1 Å². The average Bonchev–Trinajstić information content (AvgIpc) is 2.85. The molecule has 1 amide bonds. The number of aryl methyl sites for hydroxylation is 1. The number of halogens is 1. The van der Waals surface area contributed by atoms with Crippen molar-refractivity contribution in [2.24, 2.45) is 0 Å². The van der Waals surface area contributed by atoms with Crippen LogP contribution in [0.1, 0.15) is 25.8 Å². The first-order valence-electron chi connectivity index (χ1n) is 4.88. The van der Waals surface area contributed by atoms with Crippen molar-refractivity contribution >= 4 is 39.8 Å². The molecule has 5 nitrogen and oxygen atoms in total. The minimum absolute atomic E-state index is 0.0300. The summed E-state index contributed by atoms with van der Waals surface area (Å²) < 4.78 is 4.94. The zero-order valence-electron chi connectivity index (χ0n) is 9.19. The Morgan fingerprint density at radius 2 is 2.17 bits per heavy atom. The largest absolute Gasteiger partial charge is 0.478 e. The Morgan fingerprint density at radius 3 is 2.72 bits per heavy atom. The predicted octanol–water partition coefficient (Wildman–Crippen LogP) is 3.25. The fourth-order valence-corrected chi connectivity index (χ4v) is 2.41. The SMILES string of the molecule is Cc1cc(C(=O)O)c(NC(=O)c2ccc(Cl)o2)s1. The standard InChI is InChI=1S/C11H8ClNO4S/c1-5-4-6(11(15)16)10(18-5)13-9(14)7-2-3-8(12)17-7/h2-4H,1H3,(H,13,14)(H,15,16). The molecule has 18 heavy (non-hydrogen) atoms. The van der Waals surface area contributed by atoms with Gasteiger partial charge >= 0.3 is 5.97 Å². The lowest BCUT2D eigenvalue weighted by atomic mass is 10.3. The molecule has 0 radical (unpaired) electrons. The van der Waals surface area contributed by atoms with Crippen LogP contribution in [0, 0.1) is 6.92 Å². The maximum atomic E-state index is 11.8. The average molecular weight is 286 g/mol. The summed E-state index contributed by atoms with van der Waals surface area (Å²) in [5.74, 6) is -1.60. The highest BCUT2D eigenvalue weighted by atomic mass is 35.5. The minimum atomic E-state index is -1.09. The van der Waals surface area contributed by atoms with E-state index in [-0.39, 0.29) is 21.5 Å². The van der Waals surface area contributed by atoms with Gasteiger partial charge in [0, 0.05) is 4.88 Å².